The Labute approximate surface area is 157 Å². The van der Waals surface area contributed by atoms with Crippen molar-refractivity contribution in [2.24, 2.45) is 0 Å². The van der Waals surface area contributed by atoms with Gasteiger partial charge in [0.05, 0.1) is 12.8 Å². The van der Waals surface area contributed by atoms with Gasteiger partial charge in [0, 0.05) is 0 Å². The molecule has 0 radical (unpaired) electrons. The van der Waals surface area contributed by atoms with Crippen molar-refractivity contribution >= 4 is 17.9 Å². The van der Waals surface area contributed by atoms with Crippen molar-refractivity contribution in [2.45, 2.75) is 18.4 Å². The van der Waals surface area contributed by atoms with Crippen LogP contribution in [0.1, 0.15) is 14.3 Å². The van der Waals surface area contributed by atoms with Gasteiger partial charge in [0.15, 0.2) is 5.60 Å². The van der Waals surface area contributed by atoms with E-state index in [-0.39, 0.29) is 85.7 Å². The molecule has 0 aliphatic carbocycles. The third-order valence-corrected chi connectivity index (χ3v) is 1.29. The molecule has 0 aliphatic rings. The number of carbonyl (C=O) groups is 3. The minimum absolute atomic E-state index is 0. The van der Waals surface area contributed by atoms with Gasteiger partial charge < -0.3 is 76.6 Å². The number of rotatable bonds is 5. The maximum absolute atomic E-state index is 10.3. The van der Waals surface area contributed by atoms with Crippen LogP contribution in [0.15, 0.2) is 0 Å². The zero-order valence-corrected chi connectivity index (χ0v) is 14.4. The zero-order valence-electron chi connectivity index (χ0n) is 13.4. The molecular weight excluding hydrogens is 367 g/mol. The van der Waals surface area contributed by atoms with Crippen LogP contribution in [0.5, 0.6) is 0 Å². The molecule has 0 rings (SSSR count). The van der Waals surface area contributed by atoms with Crippen molar-refractivity contribution in [1.29, 1.82) is 0 Å². The number of hydrogen-bond donors (Lipinski definition) is 4. The van der Waals surface area contributed by atoms with Crippen LogP contribution >= 0.6 is 0 Å². The van der Waals surface area contributed by atoms with E-state index in [1.165, 1.54) is 0 Å². The molecule has 0 aromatic heterocycles. The minimum Gasteiger partial charge on any atom is -1.00 e. The van der Waals surface area contributed by atoms with Gasteiger partial charge in [-0.25, -0.2) is 4.79 Å². The van der Waals surface area contributed by atoms with Crippen LogP contribution in [-0.4, -0.2) is 98.7 Å². The molecule has 24 N–H and O–H groups in total. The van der Waals surface area contributed by atoms with Crippen molar-refractivity contribution in [3.63, 3.8) is 0 Å². The molecule has 0 amide bonds. The number of hydrogen-bond acceptors (Lipinski definition) is 4. The number of carboxylic acid groups (broad SMARTS) is 3. The Bertz CT molecular complexity index is 246. The average molecular weight is 396 g/mol. The Balaban J connectivity index is -0.0000000109. The summed E-state index contributed by atoms with van der Waals surface area (Å²) in [6.07, 6.45) is -2.29. The minimum atomic E-state index is -2.74. The molecule has 17 nitrogen and oxygen atoms in total. The first-order chi connectivity index (χ1) is 5.78. The normalized spacial score (nSPS) is 5.88. The van der Waals surface area contributed by atoms with Crippen LogP contribution in [0.25, 0.3) is 0 Å². The number of carboxylic acids is 3. The molecule has 0 aromatic rings. The van der Waals surface area contributed by atoms with Gasteiger partial charge in [-0.1, -0.05) is 0 Å². The van der Waals surface area contributed by atoms with Crippen LogP contribution < -0.4 is 29.6 Å². The predicted molar refractivity (Wildman–Crippen MR) is 74.3 cm³/mol. The molecule has 0 unspecified atom stereocenters. The van der Waals surface area contributed by atoms with Crippen molar-refractivity contribution < 1.29 is 121 Å². The molecule has 0 spiro atoms. The van der Waals surface area contributed by atoms with Crippen molar-refractivity contribution in [3.8, 4) is 0 Å². The molecule has 0 saturated carbocycles. The van der Waals surface area contributed by atoms with E-state index in [2.05, 4.69) is 0 Å². The molecule has 0 saturated heterocycles. The van der Waals surface area contributed by atoms with Crippen LogP contribution in [0, 0.1) is 0 Å². The predicted octanol–water partition coefficient (Wildman–Crippen LogP) is -12.4. The van der Waals surface area contributed by atoms with E-state index in [4.69, 9.17) is 20.4 Å². The summed E-state index contributed by atoms with van der Waals surface area (Å²) >= 11 is 0. The first kappa shape index (κ1) is 92.1. The molecule has 0 aliphatic heterocycles. The Hall–Kier alpha value is -1.03. The summed E-state index contributed by atoms with van der Waals surface area (Å²) in [6, 6.07) is 0. The van der Waals surface area contributed by atoms with Crippen molar-refractivity contribution in [2.75, 3.05) is 0 Å². The molecular formula is C6H29NaO17. The molecule has 0 heterocycles. The third-order valence-electron chi connectivity index (χ3n) is 1.29. The monoisotopic (exact) mass is 396 g/mol. The van der Waals surface area contributed by atoms with Gasteiger partial charge >= 0.3 is 47.5 Å². The Kier molecular flexibility index (Phi) is 145. The van der Waals surface area contributed by atoms with Crippen LogP contribution in [0.3, 0.4) is 0 Å². The second kappa shape index (κ2) is 37.9. The molecule has 0 atom stereocenters. The topological polar surface area (TPSA) is 447 Å². The number of aliphatic carboxylic acids is 3. The maximum Gasteiger partial charge on any atom is 1.00 e. The Morgan fingerprint density at radius 3 is 0.875 bits per heavy atom. The summed E-state index contributed by atoms with van der Waals surface area (Å²) in [4.78, 5) is 30.5. The molecule has 0 fully saturated rings. The summed E-state index contributed by atoms with van der Waals surface area (Å²) in [7, 11) is 0. The zero-order chi connectivity index (χ0) is 10.6. The first-order valence-corrected chi connectivity index (χ1v) is 3.17. The number of aliphatic hydroxyl groups is 1. The Morgan fingerprint density at radius 1 is 0.625 bits per heavy atom. The van der Waals surface area contributed by atoms with Crippen molar-refractivity contribution in [1.82, 2.24) is 0 Å². The summed E-state index contributed by atoms with van der Waals surface area (Å²) in [5.41, 5.74) is -2.74. The molecule has 0 bridgehead atoms. The van der Waals surface area contributed by atoms with Gasteiger partial charge in [0.25, 0.3) is 0 Å². The van der Waals surface area contributed by atoms with Crippen LogP contribution in [0.2, 0.25) is 0 Å². The second-order valence-corrected chi connectivity index (χ2v) is 2.48. The van der Waals surface area contributed by atoms with Gasteiger partial charge in [-0.2, -0.15) is 0 Å². The van der Waals surface area contributed by atoms with E-state index in [1.54, 1.807) is 0 Å². The largest absolute Gasteiger partial charge is 1.00 e. The molecule has 156 valence electrons. The standard InChI is InChI=1S/C6H8O7.Na.10H2O.H/c7-3(8)1-6(13,5(11)12)2-4(9)10;;;;;;;;;;;;/h13H,1-2H2,(H,7,8)(H,9,10)(H,11,12);;10*1H2;/q;+1;;;;;;;;;;;-1. The van der Waals surface area contributed by atoms with E-state index in [0.29, 0.717) is 0 Å². The van der Waals surface area contributed by atoms with E-state index in [1.807, 2.05) is 0 Å². The first-order valence-electron chi connectivity index (χ1n) is 3.17. The summed E-state index contributed by atoms with van der Waals surface area (Å²) in [5, 5.41) is 33.8. The summed E-state index contributed by atoms with van der Waals surface area (Å²) < 4.78 is 0. The fourth-order valence-electron chi connectivity index (χ4n) is 0.714. The fourth-order valence-corrected chi connectivity index (χ4v) is 0.714. The summed E-state index contributed by atoms with van der Waals surface area (Å²) in [6.45, 7) is 0. The maximum atomic E-state index is 10.3. The van der Waals surface area contributed by atoms with Crippen LogP contribution in [-0.2, 0) is 14.4 Å². The van der Waals surface area contributed by atoms with E-state index in [9.17, 15) is 14.4 Å². The smallest absolute Gasteiger partial charge is 1.00 e. The van der Waals surface area contributed by atoms with Gasteiger partial charge in [-0.05, 0) is 0 Å². The van der Waals surface area contributed by atoms with Gasteiger partial charge in [-0.3, -0.25) is 9.59 Å². The van der Waals surface area contributed by atoms with Gasteiger partial charge in [0.1, 0.15) is 0 Å². The van der Waals surface area contributed by atoms with E-state index >= 15 is 0 Å². The quantitative estimate of drug-likeness (QED) is 0.324. The van der Waals surface area contributed by atoms with E-state index < -0.39 is 36.4 Å². The van der Waals surface area contributed by atoms with Crippen molar-refractivity contribution in [3.05, 3.63) is 0 Å². The molecule has 24 heavy (non-hydrogen) atoms. The SMILES string of the molecule is O.O.O.O.O.O.O.O.O.O.O=C(O)CC(O)(CC(=O)O)C(=O)O.[H-].[Na+]. The second-order valence-electron chi connectivity index (χ2n) is 2.48. The van der Waals surface area contributed by atoms with Crippen LogP contribution in [0.4, 0.5) is 0 Å². The van der Waals surface area contributed by atoms with E-state index in [0.717, 1.165) is 0 Å². The molecule has 18 heteroatoms. The Morgan fingerprint density at radius 2 is 0.792 bits per heavy atom. The average Bonchev–Trinajstić information content (AvgIpc) is 1.82. The van der Waals surface area contributed by atoms with Gasteiger partial charge in [-0.15, -0.1) is 0 Å². The van der Waals surface area contributed by atoms with Gasteiger partial charge in [0.2, 0.25) is 0 Å². The third kappa shape index (κ3) is 37.3. The summed E-state index contributed by atoms with van der Waals surface area (Å²) in [5.74, 6) is -5.02. The molecule has 0 aromatic carbocycles. The fraction of sp³-hybridized carbons (Fsp3) is 0.500.